The van der Waals surface area contributed by atoms with Crippen LogP contribution in [0.1, 0.15) is 16.9 Å². The Morgan fingerprint density at radius 3 is 2.76 bits per heavy atom. The zero-order chi connectivity index (χ0) is 14.8. The van der Waals surface area contributed by atoms with Crippen LogP contribution in [0.2, 0.25) is 0 Å². The molecule has 3 rings (SSSR count). The first-order valence-electron chi connectivity index (χ1n) is 6.66. The number of aryl methyl sites for hydroxylation is 1. The largest absolute Gasteiger partial charge is 0.481 e. The standard InChI is InChI=1S/C16H14BrNO2S/c17-15-7-6-12(21-15)10-18-9-11(5-8-16(19)20)13-3-1-2-4-14(13)18/h1-4,6-7,9H,5,8,10H2,(H,19,20). The summed E-state index contributed by atoms with van der Waals surface area (Å²) in [5.74, 6) is -0.756. The van der Waals surface area contributed by atoms with Crippen LogP contribution in [0.4, 0.5) is 0 Å². The van der Waals surface area contributed by atoms with Gasteiger partial charge < -0.3 is 9.67 Å². The van der Waals surface area contributed by atoms with E-state index in [2.05, 4.69) is 51.0 Å². The maximum atomic E-state index is 10.8. The highest BCUT2D eigenvalue weighted by Gasteiger charge is 2.10. The molecule has 3 nitrogen and oxygen atoms in total. The highest BCUT2D eigenvalue weighted by molar-refractivity contribution is 9.11. The van der Waals surface area contributed by atoms with Gasteiger partial charge in [-0.05, 0) is 46.1 Å². The molecular formula is C16H14BrNO2S. The molecule has 0 amide bonds. The molecule has 0 spiro atoms. The van der Waals surface area contributed by atoms with E-state index < -0.39 is 5.97 Å². The molecule has 2 aromatic heterocycles. The Balaban J connectivity index is 1.96. The van der Waals surface area contributed by atoms with Gasteiger partial charge in [-0.15, -0.1) is 11.3 Å². The Kier molecular flexibility index (Phi) is 4.12. The quantitative estimate of drug-likeness (QED) is 0.723. The predicted molar refractivity (Wildman–Crippen MR) is 89.0 cm³/mol. The van der Waals surface area contributed by atoms with Crippen LogP contribution < -0.4 is 0 Å². The van der Waals surface area contributed by atoms with Crippen LogP contribution in [0.25, 0.3) is 10.9 Å². The van der Waals surface area contributed by atoms with Crippen molar-refractivity contribution in [2.75, 3.05) is 0 Å². The third kappa shape index (κ3) is 3.19. The molecule has 3 aromatic rings. The highest BCUT2D eigenvalue weighted by atomic mass is 79.9. The summed E-state index contributed by atoms with van der Waals surface area (Å²) in [7, 11) is 0. The molecule has 108 valence electrons. The lowest BCUT2D eigenvalue weighted by Gasteiger charge is -2.02. The minimum absolute atomic E-state index is 0.165. The zero-order valence-electron chi connectivity index (χ0n) is 11.3. The van der Waals surface area contributed by atoms with Crippen LogP contribution in [0, 0.1) is 0 Å². The van der Waals surface area contributed by atoms with Gasteiger partial charge in [-0.2, -0.15) is 0 Å². The average Bonchev–Trinajstić information content (AvgIpc) is 3.02. The minimum atomic E-state index is -0.756. The molecule has 0 fully saturated rings. The number of thiophene rings is 1. The van der Waals surface area contributed by atoms with Crippen LogP contribution in [-0.2, 0) is 17.8 Å². The van der Waals surface area contributed by atoms with Gasteiger partial charge in [0.15, 0.2) is 0 Å². The van der Waals surface area contributed by atoms with Crippen molar-refractivity contribution in [3.8, 4) is 0 Å². The Hall–Kier alpha value is -1.59. The number of para-hydroxylation sites is 1. The molecule has 5 heteroatoms. The maximum Gasteiger partial charge on any atom is 0.303 e. The second-order valence-corrected chi connectivity index (χ2v) is 7.45. The first-order valence-corrected chi connectivity index (χ1v) is 8.27. The fraction of sp³-hybridized carbons (Fsp3) is 0.188. The van der Waals surface area contributed by atoms with Crippen LogP contribution in [0.5, 0.6) is 0 Å². The van der Waals surface area contributed by atoms with Gasteiger partial charge in [0.25, 0.3) is 0 Å². The SMILES string of the molecule is O=C(O)CCc1cn(Cc2ccc(Br)s2)c2ccccc12. The maximum absolute atomic E-state index is 10.8. The lowest BCUT2D eigenvalue weighted by molar-refractivity contribution is -0.136. The van der Waals surface area contributed by atoms with Crippen LogP contribution in [0.3, 0.4) is 0 Å². The van der Waals surface area contributed by atoms with E-state index in [0.717, 1.165) is 26.8 Å². The van der Waals surface area contributed by atoms with Gasteiger partial charge in [0.05, 0.1) is 10.3 Å². The van der Waals surface area contributed by atoms with Gasteiger partial charge in [0.2, 0.25) is 0 Å². The van der Waals surface area contributed by atoms with Gasteiger partial charge in [-0.1, -0.05) is 18.2 Å². The Bertz CT molecular complexity index is 791. The molecule has 0 aliphatic rings. The molecule has 1 aromatic carbocycles. The number of aromatic nitrogens is 1. The van der Waals surface area contributed by atoms with Crippen molar-refractivity contribution in [2.24, 2.45) is 0 Å². The molecule has 0 atom stereocenters. The molecule has 0 saturated carbocycles. The number of fused-ring (bicyclic) bond motifs is 1. The van der Waals surface area contributed by atoms with Gasteiger partial charge in [0, 0.05) is 28.4 Å². The van der Waals surface area contributed by atoms with E-state index in [1.165, 1.54) is 4.88 Å². The number of benzene rings is 1. The fourth-order valence-electron chi connectivity index (χ4n) is 2.50. The lowest BCUT2D eigenvalue weighted by atomic mass is 10.1. The van der Waals surface area contributed by atoms with Crippen molar-refractivity contribution in [3.63, 3.8) is 0 Å². The van der Waals surface area contributed by atoms with Crippen molar-refractivity contribution < 1.29 is 9.90 Å². The molecule has 1 N–H and O–H groups in total. The smallest absolute Gasteiger partial charge is 0.303 e. The summed E-state index contributed by atoms with van der Waals surface area (Å²) < 4.78 is 3.32. The number of halogens is 1. The number of carboxylic acids is 1. The molecule has 0 radical (unpaired) electrons. The van der Waals surface area contributed by atoms with E-state index in [1.54, 1.807) is 11.3 Å². The Morgan fingerprint density at radius 2 is 2.05 bits per heavy atom. The summed E-state index contributed by atoms with van der Waals surface area (Å²) in [5, 5.41) is 10.0. The van der Waals surface area contributed by atoms with Crippen LogP contribution >= 0.6 is 27.3 Å². The fourth-order valence-corrected chi connectivity index (χ4v) is 3.98. The molecule has 0 saturated heterocycles. The van der Waals surface area contributed by atoms with Crippen molar-refractivity contribution in [1.82, 2.24) is 4.57 Å². The summed E-state index contributed by atoms with van der Waals surface area (Å²) in [4.78, 5) is 12.1. The first kappa shape index (κ1) is 14.4. The predicted octanol–water partition coefficient (Wildman–Crippen LogP) is 4.53. The third-order valence-electron chi connectivity index (χ3n) is 3.43. The number of hydrogen-bond donors (Lipinski definition) is 1. The van der Waals surface area contributed by atoms with Gasteiger partial charge in [-0.25, -0.2) is 0 Å². The van der Waals surface area contributed by atoms with Crippen molar-refractivity contribution in [2.45, 2.75) is 19.4 Å². The first-order chi connectivity index (χ1) is 10.1. The number of carbonyl (C=O) groups is 1. The van der Waals surface area contributed by atoms with Gasteiger partial charge in [0.1, 0.15) is 0 Å². The lowest BCUT2D eigenvalue weighted by Crippen LogP contribution is -1.97. The Labute approximate surface area is 135 Å². The Morgan fingerprint density at radius 1 is 1.24 bits per heavy atom. The summed E-state index contributed by atoms with van der Waals surface area (Å²) in [6, 6.07) is 12.3. The summed E-state index contributed by atoms with van der Waals surface area (Å²) >= 11 is 5.21. The molecule has 0 unspecified atom stereocenters. The van der Waals surface area contributed by atoms with E-state index in [9.17, 15) is 4.79 Å². The molecule has 21 heavy (non-hydrogen) atoms. The van der Waals surface area contributed by atoms with E-state index >= 15 is 0 Å². The number of carboxylic acid groups (broad SMARTS) is 1. The molecular weight excluding hydrogens is 350 g/mol. The van der Waals surface area contributed by atoms with Gasteiger partial charge in [-0.3, -0.25) is 4.79 Å². The second-order valence-electron chi connectivity index (χ2n) is 4.90. The highest BCUT2D eigenvalue weighted by Crippen LogP contribution is 2.27. The zero-order valence-corrected chi connectivity index (χ0v) is 13.7. The number of aliphatic carboxylic acids is 1. The molecule has 0 aliphatic heterocycles. The molecule has 0 bridgehead atoms. The van der Waals surface area contributed by atoms with Crippen molar-refractivity contribution in [1.29, 1.82) is 0 Å². The normalized spacial score (nSPS) is 11.1. The number of rotatable bonds is 5. The van der Waals surface area contributed by atoms with Crippen molar-refractivity contribution in [3.05, 3.63) is 56.8 Å². The minimum Gasteiger partial charge on any atom is -0.481 e. The monoisotopic (exact) mass is 363 g/mol. The molecule has 2 heterocycles. The van der Waals surface area contributed by atoms with Gasteiger partial charge >= 0.3 is 5.97 Å². The van der Waals surface area contributed by atoms with Crippen LogP contribution in [0.15, 0.2) is 46.4 Å². The van der Waals surface area contributed by atoms with Crippen LogP contribution in [-0.4, -0.2) is 15.6 Å². The topological polar surface area (TPSA) is 42.2 Å². The van der Waals surface area contributed by atoms with Crippen molar-refractivity contribution >= 4 is 44.1 Å². The number of hydrogen-bond acceptors (Lipinski definition) is 2. The summed E-state index contributed by atoms with van der Waals surface area (Å²) in [6.45, 7) is 0.809. The van der Waals surface area contributed by atoms with E-state index in [0.29, 0.717) is 6.42 Å². The summed E-state index contributed by atoms with van der Waals surface area (Å²) in [5.41, 5.74) is 2.26. The van der Waals surface area contributed by atoms with E-state index in [-0.39, 0.29) is 6.42 Å². The van der Waals surface area contributed by atoms with E-state index in [1.807, 2.05) is 12.1 Å². The number of nitrogens with zero attached hydrogens (tertiary/aromatic N) is 1. The summed E-state index contributed by atoms with van der Waals surface area (Å²) in [6.07, 6.45) is 2.82. The third-order valence-corrected chi connectivity index (χ3v) is 5.04. The van der Waals surface area contributed by atoms with E-state index in [4.69, 9.17) is 5.11 Å². The second kappa shape index (κ2) is 6.03. The molecule has 0 aliphatic carbocycles. The average molecular weight is 364 g/mol.